The number of aromatic nitrogens is 2. The number of hydrogen-bond donors (Lipinski definition) is 0. The van der Waals surface area contributed by atoms with Crippen molar-refractivity contribution >= 4 is 22.6 Å². The summed E-state index contributed by atoms with van der Waals surface area (Å²) in [5.41, 5.74) is 2.87. The van der Waals surface area contributed by atoms with Crippen molar-refractivity contribution in [1.82, 2.24) is 14.3 Å². The number of rotatable bonds is 4. The molecular weight excluding hydrogens is 387 g/mol. The summed E-state index contributed by atoms with van der Waals surface area (Å²) in [6.07, 6.45) is 1.48. The Kier molecular flexibility index (Phi) is 5.85. The van der Waals surface area contributed by atoms with Gasteiger partial charge in [0.1, 0.15) is 11.6 Å². The second-order valence-corrected chi connectivity index (χ2v) is 8.03. The molecule has 150 valence electrons. The van der Waals surface area contributed by atoms with Crippen LogP contribution in [-0.4, -0.2) is 46.3 Å². The van der Waals surface area contributed by atoms with Crippen LogP contribution < -0.4 is 4.90 Å². The molecule has 7 heteroatoms. The standard InChI is InChI=1S/C22H23FN4OS/c1-16-3-7-18(8-4-16)21(28)26-11-2-12-27(14-13-26)22-24-20(25-29-22)15-17-5-9-19(23)10-6-17/h3-10H,2,11-15H2,1H3. The molecule has 2 heterocycles. The molecule has 2 aromatic carbocycles. The highest BCUT2D eigenvalue weighted by Gasteiger charge is 2.22. The highest BCUT2D eigenvalue weighted by molar-refractivity contribution is 7.09. The van der Waals surface area contributed by atoms with Crippen LogP contribution in [0, 0.1) is 12.7 Å². The fraction of sp³-hybridized carbons (Fsp3) is 0.318. The normalized spacial score (nSPS) is 14.7. The van der Waals surface area contributed by atoms with E-state index in [4.69, 9.17) is 0 Å². The zero-order chi connectivity index (χ0) is 20.2. The molecule has 0 radical (unpaired) electrons. The van der Waals surface area contributed by atoms with Crippen LogP contribution in [0.1, 0.15) is 33.7 Å². The summed E-state index contributed by atoms with van der Waals surface area (Å²) in [5.74, 6) is 0.588. The van der Waals surface area contributed by atoms with E-state index in [0.717, 1.165) is 53.7 Å². The smallest absolute Gasteiger partial charge is 0.253 e. The summed E-state index contributed by atoms with van der Waals surface area (Å²) < 4.78 is 17.5. The monoisotopic (exact) mass is 410 g/mol. The first-order chi connectivity index (χ1) is 14.1. The van der Waals surface area contributed by atoms with E-state index < -0.39 is 0 Å². The van der Waals surface area contributed by atoms with Crippen LogP contribution in [-0.2, 0) is 6.42 Å². The SMILES string of the molecule is Cc1ccc(C(=O)N2CCCN(c3nc(Cc4ccc(F)cc4)ns3)CC2)cc1. The molecule has 1 aromatic heterocycles. The largest absolute Gasteiger partial charge is 0.345 e. The third-order valence-electron chi connectivity index (χ3n) is 5.09. The van der Waals surface area contributed by atoms with Gasteiger partial charge in [-0.05, 0) is 43.2 Å². The Bertz CT molecular complexity index is 971. The van der Waals surface area contributed by atoms with Crippen LogP contribution in [0.2, 0.25) is 0 Å². The van der Waals surface area contributed by atoms with Crippen molar-refractivity contribution in [1.29, 1.82) is 0 Å². The summed E-state index contributed by atoms with van der Waals surface area (Å²) in [6, 6.07) is 14.2. The van der Waals surface area contributed by atoms with Gasteiger partial charge in [0.05, 0.1) is 0 Å². The van der Waals surface area contributed by atoms with E-state index in [2.05, 4.69) is 14.3 Å². The van der Waals surface area contributed by atoms with Crippen molar-refractivity contribution in [3.63, 3.8) is 0 Å². The minimum atomic E-state index is -0.241. The van der Waals surface area contributed by atoms with Crippen molar-refractivity contribution < 1.29 is 9.18 Å². The maximum Gasteiger partial charge on any atom is 0.253 e. The van der Waals surface area contributed by atoms with Crippen LogP contribution in [0.4, 0.5) is 9.52 Å². The minimum absolute atomic E-state index is 0.0844. The predicted octanol–water partition coefficient (Wildman–Crippen LogP) is 3.93. The molecule has 1 saturated heterocycles. The number of carbonyl (C=O) groups is 1. The topological polar surface area (TPSA) is 49.3 Å². The molecule has 0 aliphatic carbocycles. The van der Waals surface area contributed by atoms with E-state index in [0.29, 0.717) is 13.0 Å². The van der Waals surface area contributed by atoms with Crippen molar-refractivity contribution in [3.8, 4) is 0 Å². The molecule has 0 N–H and O–H groups in total. The molecular formula is C22H23FN4OS. The van der Waals surface area contributed by atoms with Gasteiger partial charge in [-0.3, -0.25) is 4.79 Å². The van der Waals surface area contributed by atoms with Gasteiger partial charge in [0.2, 0.25) is 5.13 Å². The van der Waals surface area contributed by atoms with Gasteiger partial charge in [-0.15, -0.1) is 0 Å². The fourth-order valence-corrected chi connectivity index (χ4v) is 4.16. The van der Waals surface area contributed by atoms with E-state index in [1.54, 1.807) is 12.1 Å². The van der Waals surface area contributed by atoms with Crippen LogP contribution in [0.15, 0.2) is 48.5 Å². The van der Waals surface area contributed by atoms with Crippen LogP contribution in [0.25, 0.3) is 0 Å². The lowest BCUT2D eigenvalue weighted by molar-refractivity contribution is 0.0767. The molecule has 3 aromatic rings. The number of nitrogens with zero attached hydrogens (tertiary/aromatic N) is 4. The average Bonchev–Trinajstić information content (AvgIpc) is 3.04. The average molecular weight is 411 g/mol. The Balaban J connectivity index is 1.38. The van der Waals surface area contributed by atoms with Gasteiger partial charge in [0.25, 0.3) is 5.91 Å². The van der Waals surface area contributed by atoms with Crippen molar-refractivity contribution in [2.45, 2.75) is 19.8 Å². The van der Waals surface area contributed by atoms with Crippen molar-refractivity contribution in [2.75, 3.05) is 31.1 Å². The summed E-state index contributed by atoms with van der Waals surface area (Å²) >= 11 is 1.38. The molecule has 0 bridgehead atoms. The van der Waals surface area contributed by atoms with E-state index in [9.17, 15) is 9.18 Å². The Morgan fingerprint density at radius 1 is 1.03 bits per heavy atom. The van der Waals surface area contributed by atoms with E-state index in [1.807, 2.05) is 36.1 Å². The van der Waals surface area contributed by atoms with E-state index in [-0.39, 0.29) is 11.7 Å². The molecule has 1 aliphatic rings. The van der Waals surface area contributed by atoms with Crippen LogP contribution in [0.5, 0.6) is 0 Å². The van der Waals surface area contributed by atoms with E-state index in [1.165, 1.54) is 23.7 Å². The molecule has 0 unspecified atom stereocenters. The van der Waals surface area contributed by atoms with E-state index >= 15 is 0 Å². The first kappa shape index (κ1) is 19.5. The maximum absolute atomic E-state index is 13.1. The summed E-state index contributed by atoms with van der Waals surface area (Å²) in [6.45, 7) is 5.01. The summed E-state index contributed by atoms with van der Waals surface area (Å²) in [7, 11) is 0. The lowest BCUT2D eigenvalue weighted by Gasteiger charge is -2.21. The molecule has 5 nitrogen and oxygen atoms in total. The lowest BCUT2D eigenvalue weighted by atomic mass is 10.1. The Hall–Kier alpha value is -2.80. The van der Waals surface area contributed by atoms with Crippen molar-refractivity contribution in [3.05, 3.63) is 76.9 Å². The van der Waals surface area contributed by atoms with Gasteiger partial charge in [-0.1, -0.05) is 29.8 Å². The number of benzene rings is 2. The molecule has 4 rings (SSSR count). The Morgan fingerprint density at radius 2 is 1.79 bits per heavy atom. The quantitative estimate of drug-likeness (QED) is 0.654. The Labute approximate surface area is 174 Å². The van der Waals surface area contributed by atoms with Gasteiger partial charge in [0.15, 0.2) is 0 Å². The number of carbonyl (C=O) groups excluding carboxylic acids is 1. The van der Waals surface area contributed by atoms with Gasteiger partial charge < -0.3 is 9.80 Å². The highest BCUT2D eigenvalue weighted by atomic mass is 32.1. The number of amides is 1. The number of anilines is 1. The molecule has 1 amide bonds. The second-order valence-electron chi connectivity index (χ2n) is 7.30. The molecule has 1 aliphatic heterocycles. The van der Waals surface area contributed by atoms with Gasteiger partial charge in [0, 0.05) is 49.7 Å². The highest BCUT2D eigenvalue weighted by Crippen LogP contribution is 2.21. The molecule has 0 atom stereocenters. The van der Waals surface area contributed by atoms with Gasteiger partial charge >= 0.3 is 0 Å². The number of hydrogen-bond acceptors (Lipinski definition) is 5. The fourth-order valence-electron chi connectivity index (χ4n) is 3.42. The van der Waals surface area contributed by atoms with Crippen molar-refractivity contribution in [2.24, 2.45) is 0 Å². The van der Waals surface area contributed by atoms with Gasteiger partial charge in [-0.2, -0.15) is 4.37 Å². The zero-order valence-corrected chi connectivity index (χ0v) is 17.2. The molecule has 0 saturated carbocycles. The summed E-state index contributed by atoms with van der Waals surface area (Å²) in [4.78, 5) is 21.6. The van der Waals surface area contributed by atoms with Crippen LogP contribution >= 0.6 is 11.5 Å². The third-order valence-corrected chi connectivity index (χ3v) is 5.90. The Morgan fingerprint density at radius 3 is 2.55 bits per heavy atom. The second kappa shape index (κ2) is 8.69. The number of halogens is 1. The van der Waals surface area contributed by atoms with Crippen LogP contribution in [0.3, 0.4) is 0 Å². The summed E-state index contributed by atoms with van der Waals surface area (Å²) in [5, 5.41) is 0.881. The third kappa shape index (κ3) is 4.79. The van der Waals surface area contributed by atoms with Gasteiger partial charge in [-0.25, -0.2) is 9.37 Å². The molecule has 0 spiro atoms. The minimum Gasteiger partial charge on any atom is -0.345 e. The maximum atomic E-state index is 13.1. The first-order valence-corrected chi connectivity index (χ1v) is 10.5. The predicted molar refractivity (Wildman–Crippen MR) is 113 cm³/mol. The molecule has 1 fully saturated rings. The lowest BCUT2D eigenvalue weighted by Crippen LogP contribution is -2.35. The zero-order valence-electron chi connectivity index (χ0n) is 16.3. The first-order valence-electron chi connectivity index (χ1n) is 9.76. The molecule has 29 heavy (non-hydrogen) atoms. The number of aryl methyl sites for hydroxylation is 1.